The van der Waals surface area contributed by atoms with Crippen molar-refractivity contribution in [1.82, 2.24) is 29.7 Å². The third kappa shape index (κ3) is 10.0. The molecular formula is C21H32N7O6P. The van der Waals surface area contributed by atoms with Crippen molar-refractivity contribution in [1.29, 1.82) is 0 Å². The molecule has 0 aliphatic heterocycles. The van der Waals surface area contributed by atoms with E-state index in [1.807, 2.05) is 6.92 Å². The third-order valence-corrected chi connectivity index (χ3v) is 5.29. The molecule has 0 saturated heterocycles. The molecule has 0 radical (unpaired) electrons. The van der Waals surface area contributed by atoms with Crippen LogP contribution in [0, 0.1) is 0 Å². The summed E-state index contributed by atoms with van der Waals surface area (Å²) in [5.74, 6) is 0.214. The fourth-order valence-electron chi connectivity index (χ4n) is 3.13. The Bertz CT molecular complexity index is 1000. The number of carbonyl (C=O) groups is 3. The van der Waals surface area contributed by atoms with Gasteiger partial charge in [0, 0.05) is 39.2 Å². The molecule has 192 valence electrons. The van der Waals surface area contributed by atoms with Crippen LogP contribution in [0.15, 0.2) is 24.8 Å². The summed E-state index contributed by atoms with van der Waals surface area (Å²) in [5, 5.41) is 5.99. The molecule has 1 unspecified atom stereocenters. The van der Waals surface area contributed by atoms with Gasteiger partial charge in [0.1, 0.15) is 24.5 Å². The predicted molar refractivity (Wildman–Crippen MR) is 130 cm³/mol. The molecule has 0 spiro atoms. The highest BCUT2D eigenvalue weighted by molar-refractivity contribution is 7.44. The zero-order chi connectivity index (χ0) is 25.6. The molecule has 35 heavy (non-hydrogen) atoms. The molecule has 2 heterocycles. The van der Waals surface area contributed by atoms with Crippen molar-refractivity contribution in [3.05, 3.63) is 24.8 Å². The van der Waals surface area contributed by atoms with Gasteiger partial charge in [-0.05, 0) is 25.8 Å². The van der Waals surface area contributed by atoms with Crippen LogP contribution in [0.4, 0.5) is 5.82 Å². The minimum absolute atomic E-state index is 0.0813. The summed E-state index contributed by atoms with van der Waals surface area (Å²) in [6.45, 7) is 3.60. The van der Waals surface area contributed by atoms with Crippen LogP contribution in [0.1, 0.15) is 26.2 Å². The second-order valence-electron chi connectivity index (χ2n) is 7.76. The van der Waals surface area contributed by atoms with Crippen molar-refractivity contribution >= 4 is 43.5 Å². The minimum Gasteiger partial charge on any atom is -0.367 e. The summed E-state index contributed by atoms with van der Waals surface area (Å²) in [6, 6.07) is 0. The number of hydrogen-bond donors (Lipinski definition) is 4. The summed E-state index contributed by atoms with van der Waals surface area (Å²) in [5.41, 5.74) is 1.20. The lowest BCUT2D eigenvalue weighted by Gasteiger charge is -2.14. The molecule has 14 heteroatoms. The number of nitrogens with one attached hydrogen (secondary N) is 2. The highest BCUT2D eigenvalue weighted by atomic mass is 31.2. The first kappa shape index (κ1) is 28.2. The van der Waals surface area contributed by atoms with Gasteiger partial charge in [0.05, 0.1) is 19.0 Å². The zero-order valence-electron chi connectivity index (χ0n) is 19.8. The molecule has 0 aliphatic rings. The van der Waals surface area contributed by atoms with Crippen LogP contribution in [-0.2, 0) is 25.7 Å². The number of aromatic nitrogens is 4. The number of likely N-dealkylation sites (N-methyl/N-ethyl adjacent to an activating group) is 1. The summed E-state index contributed by atoms with van der Waals surface area (Å²) < 4.78 is 7.18. The van der Waals surface area contributed by atoms with E-state index < -0.39 is 8.38 Å². The number of aldehydes is 1. The lowest BCUT2D eigenvalue weighted by atomic mass is 10.2. The van der Waals surface area contributed by atoms with E-state index in [0.717, 1.165) is 6.08 Å². The van der Waals surface area contributed by atoms with Crippen molar-refractivity contribution in [3.63, 3.8) is 0 Å². The topological polar surface area (TPSA) is 172 Å². The molecule has 2 rings (SSSR count). The number of allylic oxidation sites excluding steroid dienone is 1. The predicted octanol–water partition coefficient (Wildman–Crippen LogP) is 0.397. The normalized spacial score (nSPS) is 12.3. The van der Waals surface area contributed by atoms with Crippen molar-refractivity contribution in [3.8, 4) is 0 Å². The molecular weight excluding hydrogens is 477 g/mol. The van der Waals surface area contributed by atoms with E-state index in [1.165, 1.54) is 17.3 Å². The Balaban J connectivity index is 1.71. The second-order valence-corrected chi connectivity index (χ2v) is 8.76. The summed E-state index contributed by atoms with van der Waals surface area (Å²) in [4.78, 5) is 66.3. The molecule has 0 bridgehead atoms. The van der Waals surface area contributed by atoms with Crippen LogP contribution < -0.4 is 10.6 Å². The summed E-state index contributed by atoms with van der Waals surface area (Å²) >= 11 is 0. The highest BCUT2D eigenvalue weighted by Crippen LogP contribution is 2.23. The number of nitrogens with zero attached hydrogens (tertiary/aromatic N) is 5. The molecule has 13 nitrogen and oxygen atoms in total. The van der Waals surface area contributed by atoms with Crippen molar-refractivity contribution in [2.24, 2.45) is 0 Å². The quantitative estimate of drug-likeness (QED) is 0.107. The van der Waals surface area contributed by atoms with Crippen LogP contribution in [-0.4, -0.2) is 91.4 Å². The summed E-state index contributed by atoms with van der Waals surface area (Å²) in [7, 11) is -0.453. The number of fused-ring (bicyclic) bond motifs is 1. The Kier molecular flexibility index (Phi) is 12.2. The Morgan fingerprint density at radius 3 is 2.80 bits per heavy atom. The van der Waals surface area contributed by atoms with Crippen molar-refractivity contribution < 1.29 is 28.9 Å². The van der Waals surface area contributed by atoms with Crippen molar-refractivity contribution in [2.45, 2.75) is 38.8 Å². The van der Waals surface area contributed by atoms with Gasteiger partial charge >= 0.3 is 0 Å². The highest BCUT2D eigenvalue weighted by Gasteiger charge is 2.13. The molecule has 1 atom stereocenters. The van der Waals surface area contributed by atoms with Gasteiger partial charge in [0.2, 0.25) is 11.8 Å². The molecule has 2 aromatic rings. The molecule has 0 saturated carbocycles. The van der Waals surface area contributed by atoms with Gasteiger partial charge < -0.3 is 34.6 Å². The Labute approximate surface area is 204 Å². The first-order valence-electron chi connectivity index (χ1n) is 11.1. The number of unbranched alkanes of at least 4 members (excludes halogenated alkanes) is 1. The fraction of sp³-hybridized carbons (Fsp3) is 0.524. The van der Waals surface area contributed by atoms with Crippen LogP contribution in [0.5, 0.6) is 0 Å². The SMILES string of the molecule is CC(Cn1cnc2c(NCCNC(=O)CCCCN(C)C(=O)/C=C\C=O)ncnc21)OCP(O)O. The summed E-state index contributed by atoms with van der Waals surface area (Å²) in [6.07, 6.45) is 7.24. The zero-order valence-corrected chi connectivity index (χ0v) is 20.7. The number of carbonyl (C=O) groups excluding carboxylic acids is 3. The smallest absolute Gasteiger partial charge is 0.246 e. The number of ether oxygens (including phenoxy) is 1. The van der Waals surface area contributed by atoms with Crippen LogP contribution in [0.25, 0.3) is 11.2 Å². The van der Waals surface area contributed by atoms with Crippen molar-refractivity contribution in [2.75, 3.05) is 38.3 Å². The number of hydrogen-bond acceptors (Lipinski definition) is 10. The Morgan fingerprint density at radius 2 is 2.06 bits per heavy atom. The van der Waals surface area contributed by atoms with Crippen LogP contribution in [0.3, 0.4) is 0 Å². The van der Waals surface area contributed by atoms with Gasteiger partial charge in [-0.1, -0.05) is 0 Å². The maximum atomic E-state index is 12.0. The Morgan fingerprint density at radius 1 is 1.26 bits per heavy atom. The lowest BCUT2D eigenvalue weighted by Crippen LogP contribution is -2.29. The average Bonchev–Trinajstić information content (AvgIpc) is 3.24. The maximum absolute atomic E-state index is 12.0. The minimum atomic E-state index is -2.10. The van der Waals surface area contributed by atoms with E-state index in [1.54, 1.807) is 17.9 Å². The van der Waals surface area contributed by atoms with Gasteiger partial charge in [-0.2, -0.15) is 0 Å². The van der Waals surface area contributed by atoms with Gasteiger partial charge in [0.15, 0.2) is 19.8 Å². The van der Waals surface area contributed by atoms with Crippen LogP contribution in [0.2, 0.25) is 0 Å². The number of imidazole rings is 1. The van der Waals surface area contributed by atoms with E-state index in [2.05, 4.69) is 25.6 Å². The lowest BCUT2D eigenvalue weighted by molar-refractivity contribution is -0.125. The van der Waals surface area contributed by atoms with Crippen LogP contribution >= 0.6 is 8.38 Å². The van der Waals surface area contributed by atoms with E-state index >= 15 is 0 Å². The monoisotopic (exact) mass is 509 g/mol. The first-order valence-corrected chi connectivity index (χ1v) is 12.5. The second kappa shape index (κ2) is 15.1. The molecule has 4 N–H and O–H groups in total. The third-order valence-electron chi connectivity index (χ3n) is 4.91. The van der Waals surface area contributed by atoms with Gasteiger partial charge in [-0.3, -0.25) is 14.4 Å². The largest absolute Gasteiger partial charge is 0.367 e. The fourth-order valence-corrected chi connectivity index (χ4v) is 3.52. The number of amides is 2. The van der Waals surface area contributed by atoms with E-state index in [9.17, 15) is 14.4 Å². The molecule has 2 aromatic heterocycles. The average molecular weight is 510 g/mol. The van der Waals surface area contributed by atoms with E-state index in [-0.39, 0.29) is 24.3 Å². The van der Waals surface area contributed by atoms with Gasteiger partial charge in [0.25, 0.3) is 0 Å². The van der Waals surface area contributed by atoms with Gasteiger partial charge in [-0.25, -0.2) is 15.0 Å². The van der Waals surface area contributed by atoms with E-state index in [0.29, 0.717) is 68.7 Å². The molecule has 0 aromatic carbocycles. The Hall–Kier alpha value is -2.99. The molecule has 0 fully saturated rings. The molecule has 2 amide bonds. The number of anilines is 1. The number of rotatable bonds is 16. The maximum Gasteiger partial charge on any atom is 0.246 e. The standard InChI is InChI=1S/C21H32N7O6P/c1-16(34-15-35(32)33)12-28-14-26-19-20(24-13-25-21(19)28)23-9-8-22-17(30)6-3-4-10-27(2)18(31)7-5-11-29/h5,7,11,13-14,16,32-33H,3-4,6,8-10,12,15H2,1-2H3,(H,22,30)(H,23,24,25)/b7-5-. The molecule has 0 aliphatic carbocycles. The van der Waals surface area contributed by atoms with Gasteiger partial charge in [-0.15, -0.1) is 0 Å². The first-order chi connectivity index (χ1) is 16.8. The van der Waals surface area contributed by atoms with E-state index in [4.69, 9.17) is 14.5 Å².